The summed E-state index contributed by atoms with van der Waals surface area (Å²) in [7, 11) is 0. The highest BCUT2D eigenvalue weighted by molar-refractivity contribution is 5.52. The first-order chi connectivity index (χ1) is 9.88. The second-order valence-electron chi connectivity index (χ2n) is 6.88. The van der Waals surface area contributed by atoms with Gasteiger partial charge in [0.15, 0.2) is 11.6 Å². The zero-order valence-electron chi connectivity index (χ0n) is 13.0. The van der Waals surface area contributed by atoms with Crippen LogP contribution in [0, 0.1) is 5.92 Å². The number of furan rings is 1. The van der Waals surface area contributed by atoms with Crippen molar-refractivity contribution in [1.82, 2.24) is 9.97 Å². The number of nitrogen functional groups attached to an aromatic ring is 1. The van der Waals surface area contributed by atoms with Crippen LogP contribution in [0.4, 0.5) is 5.82 Å². The first kappa shape index (κ1) is 14.1. The molecule has 5 heteroatoms. The van der Waals surface area contributed by atoms with Crippen molar-refractivity contribution >= 4 is 5.82 Å². The van der Waals surface area contributed by atoms with Crippen LogP contribution in [-0.2, 0) is 5.41 Å². The molecule has 2 atom stereocenters. The fraction of sp³-hybridized carbons (Fsp3) is 0.500. The molecule has 1 saturated carbocycles. The summed E-state index contributed by atoms with van der Waals surface area (Å²) >= 11 is 0. The molecule has 0 aliphatic heterocycles. The smallest absolute Gasteiger partial charge is 0.197 e. The Bertz CT molecular complexity index is 657. The molecular weight excluding hydrogens is 264 g/mol. The van der Waals surface area contributed by atoms with Crippen LogP contribution in [0.1, 0.15) is 51.5 Å². The van der Waals surface area contributed by atoms with E-state index in [0.717, 1.165) is 11.5 Å². The minimum Gasteiger partial charge on any atom is -0.457 e. The molecule has 0 aromatic carbocycles. The molecule has 0 spiro atoms. The summed E-state index contributed by atoms with van der Waals surface area (Å²) in [5.74, 6) is 9.70. The average molecular weight is 286 g/mol. The van der Waals surface area contributed by atoms with Gasteiger partial charge >= 0.3 is 0 Å². The van der Waals surface area contributed by atoms with Crippen LogP contribution >= 0.6 is 0 Å². The molecule has 3 N–H and O–H groups in total. The summed E-state index contributed by atoms with van der Waals surface area (Å²) < 4.78 is 5.94. The Balaban J connectivity index is 1.99. The van der Waals surface area contributed by atoms with E-state index in [1.807, 2.05) is 18.2 Å². The van der Waals surface area contributed by atoms with E-state index >= 15 is 0 Å². The van der Waals surface area contributed by atoms with Gasteiger partial charge in [0.25, 0.3) is 0 Å². The van der Waals surface area contributed by atoms with Gasteiger partial charge in [0.2, 0.25) is 0 Å². The van der Waals surface area contributed by atoms with Gasteiger partial charge in [-0.25, -0.2) is 15.8 Å². The van der Waals surface area contributed by atoms with Crippen molar-refractivity contribution in [1.29, 1.82) is 0 Å². The summed E-state index contributed by atoms with van der Waals surface area (Å²) in [4.78, 5) is 9.04. The number of aromatic nitrogens is 2. The predicted octanol–water partition coefficient (Wildman–Crippen LogP) is 3.44. The molecule has 0 bridgehead atoms. The lowest BCUT2D eigenvalue weighted by molar-refractivity contribution is 0.512. The van der Waals surface area contributed by atoms with Gasteiger partial charge in [-0.3, -0.25) is 0 Å². The van der Waals surface area contributed by atoms with E-state index in [4.69, 9.17) is 10.3 Å². The SMILES string of the molecule is CC1CC1c1ccc(-c2nc(NN)cc(C(C)(C)C)n2)o1. The van der Waals surface area contributed by atoms with Crippen LogP contribution in [0.5, 0.6) is 0 Å². The van der Waals surface area contributed by atoms with E-state index in [1.165, 1.54) is 6.42 Å². The molecule has 0 saturated heterocycles. The molecule has 3 rings (SSSR count). The van der Waals surface area contributed by atoms with Crippen LogP contribution < -0.4 is 11.3 Å². The Kier molecular flexibility index (Phi) is 3.24. The second-order valence-corrected chi connectivity index (χ2v) is 6.88. The van der Waals surface area contributed by atoms with Gasteiger partial charge in [-0.2, -0.15) is 0 Å². The number of anilines is 1. The molecule has 112 valence electrons. The minimum absolute atomic E-state index is 0.0796. The van der Waals surface area contributed by atoms with Gasteiger partial charge < -0.3 is 9.84 Å². The highest BCUT2D eigenvalue weighted by atomic mass is 16.3. The predicted molar refractivity (Wildman–Crippen MR) is 82.8 cm³/mol. The summed E-state index contributed by atoms with van der Waals surface area (Å²) in [6.07, 6.45) is 1.20. The molecule has 2 aromatic rings. The first-order valence-electron chi connectivity index (χ1n) is 7.35. The first-order valence-corrected chi connectivity index (χ1v) is 7.35. The topological polar surface area (TPSA) is 77.0 Å². The Morgan fingerprint density at radius 3 is 2.57 bits per heavy atom. The third-order valence-electron chi connectivity index (χ3n) is 3.96. The van der Waals surface area contributed by atoms with Crippen LogP contribution in [0.2, 0.25) is 0 Å². The lowest BCUT2D eigenvalue weighted by atomic mass is 9.92. The van der Waals surface area contributed by atoms with Crippen molar-refractivity contribution in [2.45, 2.75) is 45.4 Å². The van der Waals surface area contributed by atoms with Gasteiger partial charge in [-0.1, -0.05) is 27.7 Å². The molecule has 2 aromatic heterocycles. The number of hydrogen-bond donors (Lipinski definition) is 2. The average Bonchev–Trinajstić information content (AvgIpc) is 2.98. The molecule has 0 amide bonds. The van der Waals surface area contributed by atoms with Gasteiger partial charge in [-0.05, 0) is 24.5 Å². The van der Waals surface area contributed by atoms with Gasteiger partial charge in [0.05, 0.1) is 5.69 Å². The van der Waals surface area contributed by atoms with Crippen molar-refractivity contribution in [2.24, 2.45) is 11.8 Å². The maximum Gasteiger partial charge on any atom is 0.197 e. The van der Waals surface area contributed by atoms with Gasteiger partial charge in [0, 0.05) is 17.4 Å². The van der Waals surface area contributed by atoms with E-state index in [2.05, 4.69) is 43.1 Å². The molecular formula is C16H22N4O. The maximum atomic E-state index is 5.94. The monoisotopic (exact) mass is 286 g/mol. The third kappa shape index (κ3) is 2.78. The quantitative estimate of drug-likeness (QED) is 0.667. The van der Waals surface area contributed by atoms with Crippen LogP contribution in [0.3, 0.4) is 0 Å². The molecule has 0 radical (unpaired) electrons. The van der Waals surface area contributed by atoms with Crippen LogP contribution in [-0.4, -0.2) is 9.97 Å². The Morgan fingerprint density at radius 2 is 2.00 bits per heavy atom. The highest BCUT2D eigenvalue weighted by Crippen LogP contribution is 2.47. The lowest BCUT2D eigenvalue weighted by Gasteiger charge is -2.18. The Labute approximate surface area is 124 Å². The van der Waals surface area contributed by atoms with E-state index in [0.29, 0.717) is 29.2 Å². The van der Waals surface area contributed by atoms with E-state index < -0.39 is 0 Å². The number of nitrogens with zero attached hydrogens (tertiary/aromatic N) is 2. The molecule has 21 heavy (non-hydrogen) atoms. The fourth-order valence-corrected chi connectivity index (χ4v) is 2.41. The van der Waals surface area contributed by atoms with Crippen molar-refractivity contribution < 1.29 is 4.42 Å². The largest absolute Gasteiger partial charge is 0.457 e. The number of hydrogen-bond acceptors (Lipinski definition) is 5. The van der Waals surface area contributed by atoms with Crippen molar-refractivity contribution in [3.8, 4) is 11.6 Å². The summed E-state index contributed by atoms with van der Waals surface area (Å²) in [6.45, 7) is 8.57. The molecule has 2 unspecified atom stereocenters. The minimum atomic E-state index is -0.0796. The number of rotatable bonds is 3. The third-order valence-corrected chi connectivity index (χ3v) is 3.96. The van der Waals surface area contributed by atoms with Crippen molar-refractivity contribution in [3.05, 3.63) is 29.7 Å². The number of nitrogens with one attached hydrogen (secondary N) is 1. The van der Waals surface area contributed by atoms with Crippen molar-refractivity contribution in [2.75, 3.05) is 5.43 Å². The summed E-state index contributed by atoms with van der Waals surface area (Å²) in [6, 6.07) is 5.85. The molecule has 1 aliphatic rings. The standard InChI is InChI=1S/C16H22N4O/c1-9-7-10(9)11-5-6-12(21-11)15-18-13(16(2,3)4)8-14(19-15)20-17/h5-6,8-10H,7,17H2,1-4H3,(H,18,19,20). The molecule has 5 nitrogen and oxygen atoms in total. The molecule has 1 aliphatic carbocycles. The lowest BCUT2D eigenvalue weighted by Crippen LogP contribution is -2.17. The van der Waals surface area contributed by atoms with E-state index in [1.54, 1.807) is 0 Å². The van der Waals surface area contributed by atoms with Crippen LogP contribution in [0.15, 0.2) is 22.6 Å². The Hall–Kier alpha value is -1.88. The normalized spacial score (nSPS) is 21.4. The molecule has 2 heterocycles. The number of nitrogens with two attached hydrogens (primary N) is 1. The molecule has 1 fully saturated rings. The highest BCUT2D eigenvalue weighted by Gasteiger charge is 2.36. The summed E-state index contributed by atoms with van der Waals surface area (Å²) in [5, 5.41) is 0. The van der Waals surface area contributed by atoms with E-state index in [-0.39, 0.29) is 5.41 Å². The van der Waals surface area contributed by atoms with Gasteiger partial charge in [0.1, 0.15) is 11.6 Å². The zero-order chi connectivity index (χ0) is 15.2. The van der Waals surface area contributed by atoms with E-state index in [9.17, 15) is 0 Å². The van der Waals surface area contributed by atoms with Crippen molar-refractivity contribution in [3.63, 3.8) is 0 Å². The maximum absolute atomic E-state index is 5.94. The second kappa shape index (κ2) is 4.84. The van der Waals surface area contributed by atoms with Gasteiger partial charge in [-0.15, -0.1) is 0 Å². The Morgan fingerprint density at radius 1 is 1.29 bits per heavy atom. The fourth-order valence-electron chi connectivity index (χ4n) is 2.41. The zero-order valence-corrected chi connectivity index (χ0v) is 13.0. The number of hydrazine groups is 1. The van der Waals surface area contributed by atoms with Crippen LogP contribution in [0.25, 0.3) is 11.6 Å². The summed E-state index contributed by atoms with van der Waals surface area (Å²) in [5.41, 5.74) is 3.46.